The molecule has 1 aromatic heterocycles. The van der Waals surface area contributed by atoms with E-state index in [1.165, 1.54) is 13.3 Å². The van der Waals surface area contributed by atoms with Gasteiger partial charge >= 0.3 is 6.09 Å². The number of amides is 1. The smallest absolute Gasteiger partial charge is 0.410 e. The molecule has 7 nitrogen and oxygen atoms in total. The molecule has 1 aromatic rings. The zero-order chi connectivity index (χ0) is 24.5. The topological polar surface area (TPSA) is 86.9 Å². The lowest BCUT2D eigenvalue weighted by molar-refractivity contribution is 0.0196. The molecule has 2 heterocycles. The highest BCUT2D eigenvalue weighted by molar-refractivity contribution is 6.74. The van der Waals surface area contributed by atoms with Crippen molar-refractivity contribution in [2.24, 2.45) is 0 Å². The number of nitrogens with two attached hydrogens (primary N) is 1. The van der Waals surface area contributed by atoms with E-state index >= 15 is 4.39 Å². The van der Waals surface area contributed by atoms with Crippen molar-refractivity contribution >= 4 is 25.8 Å². The van der Waals surface area contributed by atoms with Gasteiger partial charge in [-0.1, -0.05) is 26.8 Å². The standard InChI is InChI=1S/C23H38FN3O4Si/c1-22(2,3)30-21(28)27-11-10-15(18-17(29-7)13-26-20(25)19(18)24)12-16(14-27)31-32(8,9)23(4,5)6/h10,13,16H,11-12,14H2,1-9H3,(H2,25,26). The summed E-state index contributed by atoms with van der Waals surface area (Å²) in [7, 11) is -0.709. The number of carbonyl (C=O) groups is 1. The Bertz CT molecular complexity index is 875. The van der Waals surface area contributed by atoms with Gasteiger partial charge < -0.3 is 24.5 Å². The molecule has 0 radical (unpaired) electrons. The fraction of sp³-hybridized carbons (Fsp3) is 0.652. The third kappa shape index (κ3) is 6.22. The molecule has 0 aliphatic carbocycles. The molecule has 1 atom stereocenters. The highest BCUT2D eigenvalue weighted by Crippen LogP contribution is 2.40. The number of ether oxygens (including phenoxy) is 2. The number of hydrogen-bond donors (Lipinski definition) is 1. The first kappa shape index (κ1) is 26.1. The van der Waals surface area contributed by atoms with E-state index in [9.17, 15) is 4.79 Å². The Balaban J connectivity index is 2.49. The summed E-state index contributed by atoms with van der Waals surface area (Å²) in [5.74, 6) is -0.538. The number of methoxy groups -OCH3 is 1. The largest absolute Gasteiger partial charge is 0.494 e. The van der Waals surface area contributed by atoms with Crippen LogP contribution < -0.4 is 10.5 Å². The van der Waals surface area contributed by atoms with Gasteiger partial charge in [0.2, 0.25) is 0 Å². The minimum atomic E-state index is -2.17. The van der Waals surface area contributed by atoms with Crippen LogP contribution in [0, 0.1) is 5.82 Å². The van der Waals surface area contributed by atoms with Crippen LogP contribution in [0.4, 0.5) is 15.0 Å². The van der Waals surface area contributed by atoms with E-state index in [0.717, 1.165) is 0 Å². The average Bonchev–Trinajstić information content (AvgIpc) is 2.83. The molecule has 2 rings (SSSR count). The first-order valence-corrected chi connectivity index (χ1v) is 13.8. The number of nitrogens with zero attached hydrogens (tertiary/aromatic N) is 2. The molecule has 1 aliphatic heterocycles. The van der Waals surface area contributed by atoms with Crippen LogP contribution in [0.1, 0.15) is 53.5 Å². The molecular formula is C23H38FN3O4Si. The van der Waals surface area contributed by atoms with Crippen LogP contribution in [0.2, 0.25) is 18.1 Å². The maximum atomic E-state index is 15.1. The molecule has 32 heavy (non-hydrogen) atoms. The molecule has 2 N–H and O–H groups in total. The van der Waals surface area contributed by atoms with E-state index in [-0.39, 0.29) is 29.1 Å². The summed E-state index contributed by atoms with van der Waals surface area (Å²) in [6.45, 7) is 16.9. The summed E-state index contributed by atoms with van der Waals surface area (Å²) in [6.07, 6.45) is 2.87. The Labute approximate surface area is 192 Å². The van der Waals surface area contributed by atoms with Crippen LogP contribution in [0.5, 0.6) is 5.75 Å². The van der Waals surface area contributed by atoms with Gasteiger partial charge in [0.1, 0.15) is 11.4 Å². The van der Waals surface area contributed by atoms with Crippen molar-refractivity contribution in [2.75, 3.05) is 25.9 Å². The van der Waals surface area contributed by atoms with Gasteiger partial charge in [0.05, 0.1) is 25.0 Å². The number of halogens is 1. The Morgan fingerprint density at radius 2 is 1.88 bits per heavy atom. The number of carbonyl (C=O) groups excluding carboxylic acids is 1. The summed E-state index contributed by atoms with van der Waals surface area (Å²) in [4.78, 5) is 18.3. The van der Waals surface area contributed by atoms with E-state index in [4.69, 9.17) is 19.6 Å². The van der Waals surface area contributed by atoms with E-state index in [1.807, 2.05) is 26.8 Å². The lowest BCUT2D eigenvalue weighted by atomic mass is 9.99. The van der Waals surface area contributed by atoms with Gasteiger partial charge in [-0.2, -0.15) is 0 Å². The molecule has 180 valence electrons. The summed E-state index contributed by atoms with van der Waals surface area (Å²) in [6, 6.07) is 0. The molecule has 0 saturated heterocycles. The first-order chi connectivity index (χ1) is 14.6. The van der Waals surface area contributed by atoms with Gasteiger partial charge in [0.15, 0.2) is 20.0 Å². The SMILES string of the molecule is COc1cnc(N)c(F)c1C1=CCN(C(=O)OC(C)(C)C)CC(O[Si](C)(C)C(C)(C)C)C1. The number of nitrogen functional groups attached to an aromatic ring is 1. The van der Waals surface area contributed by atoms with Crippen molar-refractivity contribution in [3.05, 3.63) is 23.7 Å². The molecule has 1 unspecified atom stereocenters. The molecule has 0 saturated carbocycles. The van der Waals surface area contributed by atoms with Gasteiger partial charge in [-0.15, -0.1) is 0 Å². The number of rotatable bonds is 4. The Kier molecular flexibility index (Phi) is 7.66. The number of pyridine rings is 1. The molecule has 0 fully saturated rings. The third-order valence-corrected chi connectivity index (χ3v) is 10.4. The summed E-state index contributed by atoms with van der Waals surface area (Å²) in [5, 5.41) is -0.0238. The third-order valence-electron chi connectivity index (χ3n) is 5.90. The van der Waals surface area contributed by atoms with Crippen LogP contribution in [0.3, 0.4) is 0 Å². The minimum Gasteiger partial charge on any atom is -0.494 e. The second-order valence-corrected chi connectivity index (χ2v) is 15.5. The fourth-order valence-electron chi connectivity index (χ4n) is 3.23. The summed E-state index contributed by atoms with van der Waals surface area (Å²) in [5.41, 5.74) is 6.05. The van der Waals surface area contributed by atoms with E-state index in [1.54, 1.807) is 4.90 Å². The maximum absolute atomic E-state index is 15.1. The molecule has 9 heteroatoms. The minimum absolute atomic E-state index is 0.0238. The van der Waals surface area contributed by atoms with Crippen molar-refractivity contribution in [1.29, 1.82) is 0 Å². The predicted molar refractivity (Wildman–Crippen MR) is 128 cm³/mol. The van der Waals surface area contributed by atoms with Crippen LogP contribution in [-0.2, 0) is 9.16 Å². The Hall–Kier alpha value is -2.13. The van der Waals surface area contributed by atoms with Crippen LogP contribution in [-0.4, -0.2) is 56.2 Å². The lowest BCUT2D eigenvalue weighted by Crippen LogP contribution is -2.48. The molecule has 0 spiro atoms. The number of hydrogen-bond acceptors (Lipinski definition) is 6. The molecule has 0 bridgehead atoms. The van der Waals surface area contributed by atoms with Crippen molar-refractivity contribution in [1.82, 2.24) is 9.88 Å². The van der Waals surface area contributed by atoms with Crippen molar-refractivity contribution in [3.8, 4) is 5.75 Å². The normalized spacial score (nSPS) is 18.1. The zero-order valence-corrected chi connectivity index (χ0v) is 21.8. The van der Waals surface area contributed by atoms with E-state index in [0.29, 0.717) is 24.3 Å². The Morgan fingerprint density at radius 1 is 1.25 bits per heavy atom. The van der Waals surface area contributed by atoms with Crippen LogP contribution in [0.15, 0.2) is 12.3 Å². The van der Waals surface area contributed by atoms with E-state index < -0.39 is 25.8 Å². The fourth-order valence-corrected chi connectivity index (χ4v) is 4.57. The average molecular weight is 468 g/mol. The van der Waals surface area contributed by atoms with Crippen LogP contribution in [0.25, 0.3) is 5.57 Å². The highest BCUT2D eigenvalue weighted by Gasteiger charge is 2.41. The molecular weight excluding hydrogens is 429 g/mol. The molecule has 0 aromatic carbocycles. The summed E-state index contributed by atoms with van der Waals surface area (Å²) >= 11 is 0. The molecule has 1 aliphatic rings. The quantitative estimate of drug-likeness (QED) is 0.611. The second kappa shape index (κ2) is 9.39. The maximum Gasteiger partial charge on any atom is 0.410 e. The second-order valence-electron chi connectivity index (χ2n) is 10.7. The summed E-state index contributed by atoms with van der Waals surface area (Å²) < 4.78 is 32.7. The van der Waals surface area contributed by atoms with Gasteiger partial charge in [-0.05, 0) is 50.9 Å². The van der Waals surface area contributed by atoms with Gasteiger partial charge in [-0.25, -0.2) is 14.2 Å². The van der Waals surface area contributed by atoms with Crippen molar-refractivity contribution in [3.63, 3.8) is 0 Å². The predicted octanol–water partition coefficient (Wildman–Crippen LogP) is 5.23. The number of aromatic nitrogens is 1. The van der Waals surface area contributed by atoms with Crippen molar-refractivity contribution < 1.29 is 23.1 Å². The van der Waals surface area contributed by atoms with Gasteiger partial charge in [-0.3, -0.25) is 0 Å². The zero-order valence-electron chi connectivity index (χ0n) is 20.8. The monoisotopic (exact) mass is 467 g/mol. The van der Waals surface area contributed by atoms with Crippen molar-refractivity contribution in [2.45, 2.75) is 77.8 Å². The number of anilines is 1. The Morgan fingerprint density at radius 3 is 2.41 bits per heavy atom. The van der Waals surface area contributed by atoms with Gasteiger partial charge in [0.25, 0.3) is 0 Å². The van der Waals surface area contributed by atoms with Gasteiger partial charge in [0, 0.05) is 13.1 Å². The lowest BCUT2D eigenvalue weighted by Gasteiger charge is -2.40. The molecule has 1 amide bonds. The van der Waals surface area contributed by atoms with Crippen LogP contribution >= 0.6 is 0 Å². The van der Waals surface area contributed by atoms with E-state index in [2.05, 4.69) is 38.8 Å². The first-order valence-electron chi connectivity index (χ1n) is 10.9. The highest BCUT2D eigenvalue weighted by atomic mass is 28.4.